The predicted octanol–water partition coefficient (Wildman–Crippen LogP) is 2.50. The second kappa shape index (κ2) is 5.36. The van der Waals surface area contributed by atoms with Crippen LogP contribution in [0.1, 0.15) is 23.6 Å². The smallest absolute Gasteiger partial charge is 0.134 e. The number of rotatable bonds is 5. The minimum absolute atomic E-state index is 0.234. The molecule has 0 bridgehead atoms. The van der Waals surface area contributed by atoms with Gasteiger partial charge in [-0.1, -0.05) is 6.07 Å². The van der Waals surface area contributed by atoms with Gasteiger partial charge in [0.05, 0.1) is 25.1 Å². The second-order valence-corrected chi connectivity index (χ2v) is 4.91. The monoisotopic (exact) mass is 256 g/mol. The van der Waals surface area contributed by atoms with Crippen LogP contribution in [-0.2, 0) is 11.3 Å². The first-order chi connectivity index (χ1) is 9.33. The van der Waals surface area contributed by atoms with Crippen LogP contribution >= 0.6 is 0 Å². The predicted molar refractivity (Wildman–Crippen MR) is 70.6 cm³/mol. The number of hydrogen-bond donors (Lipinski definition) is 1. The molecule has 0 saturated heterocycles. The van der Waals surface area contributed by atoms with Gasteiger partial charge in [0.15, 0.2) is 0 Å². The van der Waals surface area contributed by atoms with E-state index >= 15 is 0 Å². The lowest BCUT2D eigenvalue weighted by Crippen LogP contribution is -2.00. The van der Waals surface area contributed by atoms with Crippen LogP contribution in [0.4, 0.5) is 0 Å². The van der Waals surface area contributed by atoms with Crippen molar-refractivity contribution in [3.8, 4) is 5.75 Å². The highest BCUT2D eigenvalue weighted by Gasteiger charge is 2.38. The molecule has 1 fully saturated rings. The van der Waals surface area contributed by atoms with Crippen molar-refractivity contribution < 1.29 is 9.84 Å². The van der Waals surface area contributed by atoms with Gasteiger partial charge in [-0.2, -0.15) is 0 Å². The third-order valence-corrected chi connectivity index (χ3v) is 3.40. The third-order valence-electron chi connectivity index (χ3n) is 3.40. The van der Waals surface area contributed by atoms with E-state index in [1.165, 1.54) is 6.20 Å². The molecule has 2 atom stereocenters. The number of hydrogen-bond acceptors (Lipinski definition) is 4. The molecule has 4 nitrogen and oxygen atoms in total. The topological polar surface area (TPSA) is 55.2 Å². The molecule has 0 amide bonds. The fraction of sp³-hybridized carbons (Fsp3) is 0.333. The molecule has 4 heteroatoms. The Balaban J connectivity index is 1.46. The van der Waals surface area contributed by atoms with Gasteiger partial charge in [-0.15, -0.1) is 0 Å². The molecule has 0 aromatic carbocycles. The summed E-state index contributed by atoms with van der Waals surface area (Å²) >= 11 is 0. The average molecular weight is 256 g/mol. The van der Waals surface area contributed by atoms with Gasteiger partial charge in [0.2, 0.25) is 0 Å². The Morgan fingerprint density at radius 1 is 1.32 bits per heavy atom. The summed E-state index contributed by atoms with van der Waals surface area (Å²) in [6, 6.07) is 7.61. The normalized spacial score (nSPS) is 21.3. The van der Waals surface area contributed by atoms with E-state index in [1.807, 2.05) is 24.4 Å². The third kappa shape index (κ3) is 3.09. The Labute approximate surface area is 112 Å². The number of nitrogens with zero attached hydrogens (tertiary/aromatic N) is 2. The Bertz CT molecular complexity index is 545. The first kappa shape index (κ1) is 12.1. The maximum absolute atomic E-state index is 9.40. The van der Waals surface area contributed by atoms with Crippen LogP contribution in [0.5, 0.6) is 5.75 Å². The van der Waals surface area contributed by atoms with Crippen molar-refractivity contribution in [3.05, 3.63) is 54.1 Å². The SMILES string of the molecule is Oc1cncc(C2C[C@H]2COCc2ccccn2)c1. The van der Waals surface area contributed by atoms with Crippen LogP contribution in [0.15, 0.2) is 42.9 Å². The summed E-state index contributed by atoms with van der Waals surface area (Å²) in [5.74, 6) is 1.24. The van der Waals surface area contributed by atoms with Crippen molar-refractivity contribution in [1.82, 2.24) is 9.97 Å². The summed E-state index contributed by atoms with van der Waals surface area (Å²) in [5.41, 5.74) is 2.06. The molecule has 98 valence electrons. The van der Waals surface area contributed by atoms with Gasteiger partial charge in [0.1, 0.15) is 5.75 Å². The molecule has 0 spiro atoms. The van der Waals surface area contributed by atoms with Crippen molar-refractivity contribution in [2.24, 2.45) is 5.92 Å². The summed E-state index contributed by atoms with van der Waals surface area (Å²) in [6.07, 6.45) is 6.16. The Kier molecular flexibility index (Phi) is 3.42. The Hall–Kier alpha value is -1.94. The molecule has 19 heavy (non-hydrogen) atoms. The molecule has 1 saturated carbocycles. The lowest BCUT2D eigenvalue weighted by atomic mass is 10.1. The fourth-order valence-corrected chi connectivity index (χ4v) is 2.29. The van der Waals surface area contributed by atoms with Gasteiger partial charge >= 0.3 is 0 Å². The minimum Gasteiger partial charge on any atom is -0.506 e. The van der Waals surface area contributed by atoms with E-state index < -0.39 is 0 Å². The van der Waals surface area contributed by atoms with Gasteiger partial charge in [0, 0.05) is 12.4 Å². The van der Waals surface area contributed by atoms with Crippen molar-refractivity contribution in [2.45, 2.75) is 18.9 Å². The fourth-order valence-electron chi connectivity index (χ4n) is 2.29. The molecule has 0 aliphatic heterocycles. The summed E-state index contributed by atoms with van der Waals surface area (Å²) < 4.78 is 5.68. The maximum atomic E-state index is 9.40. The van der Waals surface area contributed by atoms with Gasteiger partial charge < -0.3 is 9.84 Å². The van der Waals surface area contributed by atoms with Crippen LogP contribution in [0, 0.1) is 5.92 Å². The number of ether oxygens (including phenoxy) is 1. The molecule has 1 aliphatic carbocycles. The molecular formula is C15H16N2O2. The summed E-state index contributed by atoms with van der Waals surface area (Å²) in [7, 11) is 0. The van der Waals surface area contributed by atoms with Crippen LogP contribution < -0.4 is 0 Å². The highest BCUT2D eigenvalue weighted by Crippen LogP contribution is 2.47. The first-order valence-corrected chi connectivity index (χ1v) is 6.44. The maximum Gasteiger partial charge on any atom is 0.134 e. The zero-order valence-electron chi connectivity index (χ0n) is 10.6. The van der Waals surface area contributed by atoms with E-state index in [1.54, 1.807) is 12.3 Å². The quantitative estimate of drug-likeness (QED) is 0.893. The van der Waals surface area contributed by atoms with E-state index in [4.69, 9.17) is 4.74 Å². The number of pyridine rings is 2. The van der Waals surface area contributed by atoms with Gasteiger partial charge in [-0.3, -0.25) is 9.97 Å². The highest BCUT2D eigenvalue weighted by molar-refractivity contribution is 5.29. The van der Waals surface area contributed by atoms with Crippen molar-refractivity contribution in [2.75, 3.05) is 6.61 Å². The van der Waals surface area contributed by atoms with Crippen LogP contribution in [-0.4, -0.2) is 21.7 Å². The number of aromatic nitrogens is 2. The largest absolute Gasteiger partial charge is 0.506 e. The second-order valence-electron chi connectivity index (χ2n) is 4.91. The van der Waals surface area contributed by atoms with Crippen molar-refractivity contribution in [1.29, 1.82) is 0 Å². The Morgan fingerprint density at radius 3 is 3.05 bits per heavy atom. The summed E-state index contributed by atoms with van der Waals surface area (Å²) in [6.45, 7) is 1.29. The van der Waals surface area contributed by atoms with E-state index in [0.717, 1.165) is 24.3 Å². The standard InChI is InChI=1S/C15H16N2O2/c18-14-5-11(7-16-8-14)15-6-12(15)9-19-10-13-3-1-2-4-17-13/h1-5,7-8,12,15,18H,6,9-10H2/t12-,15?/m0/s1. The van der Waals surface area contributed by atoms with Gasteiger partial charge in [-0.05, 0) is 42.0 Å². The van der Waals surface area contributed by atoms with Crippen molar-refractivity contribution in [3.63, 3.8) is 0 Å². The number of aromatic hydroxyl groups is 1. The molecule has 1 aliphatic rings. The molecule has 0 radical (unpaired) electrons. The molecule has 2 aromatic heterocycles. The first-order valence-electron chi connectivity index (χ1n) is 6.44. The molecule has 2 heterocycles. The van der Waals surface area contributed by atoms with Crippen molar-refractivity contribution >= 4 is 0 Å². The van der Waals surface area contributed by atoms with E-state index in [9.17, 15) is 5.11 Å². The van der Waals surface area contributed by atoms with E-state index in [-0.39, 0.29) is 5.75 Å². The van der Waals surface area contributed by atoms with Gasteiger partial charge in [-0.25, -0.2) is 0 Å². The van der Waals surface area contributed by atoms with Crippen LogP contribution in [0.25, 0.3) is 0 Å². The zero-order chi connectivity index (χ0) is 13.1. The highest BCUT2D eigenvalue weighted by atomic mass is 16.5. The average Bonchev–Trinajstić information content (AvgIpc) is 3.20. The Morgan fingerprint density at radius 2 is 2.26 bits per heavy atom. The summed E-state index contributed by atoms with van der Waals surface area (Å²) in [4.78, 5) is 8.22. The lowest BCUT2D eigenvalue weighted by molar-refractivity contribution is 0.107. The molecule has 1 N–H and O–H groups in total. The molecule has 1 unspecified atom stereocenters. The minimum atomic E-state index is 0.234. The molecule has 3 rings (SSSR count). The summed E-state index contributed by atoms with van der Waals surface area (Å²) in [5, 5.41) is 9.40. The molecule has 2 aromatic rings. The van der Waals surface area contributed by atoms with Crippen LogP contribution in [0.3, 0.4) is 0 Å². The van der Waals surface area contributed by atoms with E-state index in [0.29, 0.717) is 18.4 Å². The van der Waals surface area contributed by atoms with Crippen LogP contribution in [0.2, 0.25) is 0 Å². The van der Waals surface area contributed by atoms with Gasteiger partial charge in [0.25, 0.3) is 0 Å². The lowest BCUT2D eigenvalue weighted by Gasteiger charge is -2.03. The zero-order valence-corrected chi connectivity index (χ0v) is 10.6. The molecular weight excluding hydrogens is 240 g/mol. The van der Waals surface area contributed by atoms with E-state index in [2.05, 4.69) is 9.97 Å².